The Morgan fingerprint density at radius 3 is 2.39 bits per heavy atom. The van der Waals surface area contributed by atoms with Crippen LogP contribution in [0.3, 0.4) is 0 Å². The van der Waals surface area contributed by atoms with Crippen molar-refractivity contribution < 1.29 is 0 Å². The summed E-state index contributed by atoms with van der Waals surface area (Å²) in [5.41, 5.74) is 0. The lowest BCUT2D eigenvalue weighted by molar-refractivity contribution is 0.151. The van der Waals surface area contributed by atoms with E-state index >= 15 is 0 Å². The van der Waals surface area contributed by atoms with Gasteiger partial charge in [0.25, 0.3) is 0 Å². The summed E-state index contributed by atoms with van der Waals surface area (Å²) in [6, 6.07) is 1.30. The van der Waals surface area contributed by atoms with E-state index in [0.717, 1.165) is 12.5 Å². The fraction of sp³-hybridized carbons (Fsp3) is 1.00. The molecule has 1 heterocycles. The zero-order valence-electron chi connectivity index (χ0n) is 13.1. The van der Waals surface area contributed by atoms with Gasteiger partial charge in [-0.15, -0.1) is 0 Å². The molecule has 0 radical (unpaired) electrons. The molecule has 1 atom stereocenters. The molecule has 1 aliphatic rings. The molecular weight excluding hydrogens is 222 g/mol. The van der Waals surface area contributed by atoms with Gasteiger partial charge in [0.1, 0.15) is 0 Å². The van der Waals surface area contributed by atoms with Crippen LogP contribution in [0.25, 0.3) is 0 Å². The number of rotatable bonds is 7. The molecule has 3 heteroatoms. The van der Waals surface area contributed by atoms with Crippen LogP contribution in [0.4, 0.5) is 0 Å². The average molecular weight is 255 g/mol. The van der Waals surface area contributed by atoms with Crippen molar-refractivity contribution in [3.05, 3.63) is 0 Å². The van der Waals surface area contributed by atoms with E-state index in [1.165, 1.54) is 38.9 Å². The van der Waals surface area contributed by atoms with Gasteiger partial charge in [0.15, 0.2) is 0 Å². The molecule has 1 unspecified atom stereocenters. The molecule has 0 aliphatic carbocycles. The third-order valence-corrected chi connectivity index (χ3v) is 4.25. The average Bonchev–Trinajstić information content (AvgIpc) is 2.31. The van der Waals surface area contributed by atoms with E-state index in [1.807, 2.05) is 0 Å². The second kappa shape index (κ2) is 8.13. The Bertz CT molecular complexity index is 210. The highest BCUT2D eigenvalue weighted by molar-refractivity contribution is 4.75. The molecule has 0 spiro atoms. The van der Waals surface area contributed by atoms with Gasteiger partial charge in [-0.1, -0.05) is 13.8 Å². The van der Waals surface area contributed by atoms with Gasteiger partial charge in [0, 0.05) is 18.6 Å². The van der Waals surface area contributed by atoms with Gasteiger partial charge in [-0.2, -0.15) is 0 Å². The first-order chi connectivity index (χ1) is 8.49. The van der Waals surface area contributed by atoms with E-state index in [1.54, 1.807) is 0 Å². The van der Waals surface area contributed by atoms with Gasteiger partial charge in [0.2, 0.25) is 0 Å². The van der Waals surface area contributed by atoms with Crippen molar-refractivity contribution in [3.8, 4) is 0 Å². The summed E-state index contributed by atoms with van der Waals surface area (Å²) < 4.78 is 0. The first-order valence-corrected chi connectivity index (χ1v) is 7.61. The van der Waals surface area contributed by atoms with Gasteiger partial charge in [-0.3, -0.25) is 0 Å². The van der Waals surface area contributed by atoms with Crippen molar-refractivity contribution >= 4 is 0 Å². The number of likely N-dealkylation sites (tertiary alicyclic amines) is 1. The Hall–Kier alpha value is -0.120. The summed E-state index contributed by atoms with van der Waals surface area (Å²) in [5.74, 6) is 0.909. The summed E-state index contributed by atoms with van der Waals surface area (Å²) in [6.45, 7) is 11.8. The van der Waals surface area contributed by atoms with Crippen molar-refractivity contribution in [2.45, 2.75) is 52.1 Å². The van der Waals surface area contributed by atoms with Crippen LogP contribution in [0.15, 0.2) is 0 Å². The molecule has 18 heavy (non-hydrogen) atoms. The predicted octanol–water partition coefficient (Wildman–Crippen LogP) is 2.04. The largest absolute Gasteiger partial charge is 0.314 e. The Kier molecular flexibility index (Phi) is 7.20. The molecule has 0 bridgehead atoms. The van der Waals surface area contributed by atoms with Gasteiger partial charge < -0.3 is 15.1 Å². The molecule has 0 aromatic heterocycles. The van der Waals surface area contributed by atoms with Crippen LogP contribution in [-0.2, 0) is 0 Å². The van der Waals surface area contributed by atoms with E-state index < -0.39 is 0 Å². The summed E-state index contributed by atoms with van der Waals surface area (Å²) in [6.07, 6.45) is 4.00. The second-order valence-electron chi connectivity index (χ2n) is 6.43. The molecule has 1 aliphatic heterocycles. The predicted molar refractivity (Wildman–Crippen MR) is 80.1 cm³/mol. The lowest BCUT2D eigenvalue weighted by Crippen LogP contribution is -2.40. The van der Waals surface area contributed by atoms with Gasteiger partial charge in [0.05, 0.1) is 0 Å². The number of hydrogen-bond donors (Lipinski definition) is 1. The van der Waals surface area contributed by atoms with E-state index in [-0.39, 0.29) is 0 Å². The highest BCUT2D eigenvalue weighted by atomic mass is 15.1. The lowest BCUT2D eigenvalue weighted by atomic mass is 9.96. The van der Waals surface area contributed by atoms with Crippen LogP contribution in [0.5, 0.6) is 0 Å². The molecular formula is C15H33N3. The number of piperidine rings is 1. The van der Waals surface area contributed by atoms with Gasteiger partial charge in [-0.05, 0) is 65.8 Å². The van der Waals surface area contributed by atoms with Crippen LogP contribution in [0.1, 0.15) is 40.0 Å². The van der Waals surface area contributed by atoms with E-state index in [9.17, 15) is 0 Å². The normalized spacial score (nSPS) is 20.8. The topological polar surface area (TPSA) is 18.5 Å². The third kappa shape index (κ3) is 6.17. The molecule has 1 saturated heterocycles. The Morgan fingerprint density at radius 2 is 1.83 bits per heavy atom. The molecule has 0 amide bonds. The van der Waals surface area contributed by atoms with Crippen LogP contribution in [0.2, 0.25) is 0 Å². The van der Waals surface area contributed by atoms with Gasteiger partial charge in [-0.25, -0.2) is 0 Å². The molecule has 0 aromatic carbocycles. The summed E-state index contributed by atoms with van der Waals surface area (Å²) >= 11 is 0. The van der Waals surface area contributed by atoms with Crippen molar-refractivity contribution in [2.24, 2.45) is 5.92 Å². The maximum atomic E-state index is 3.51. The molecule has 108 valence electrons. The van der Waals surface area contributed by atoms with Crippen molar-refractivity contribution in [1.82, 2.24) is 15.1 Å². The summed E-state index contributed by atoms with van der Waals surface area (Å²) in [4.78, 5) is 5.00. The maximum Gasteiger partial charge on any atom is 0.00760 e. The van der Waals surface area contributed by atoms with Crippen LogP contribution in [-0.4, -0.2) is 62.2 Å². The van der Waals surface area contributed by atoms with Crippen LogP contribution < -0.4 is 5.32 Å². The highest BCUT2D eigenvalue weighted by Crippen LogP contribution is 2.18. The van der Waals surface area contributed by atoms with E-state index in [4.69, 9.17) is 0 Å². The Labute approximate surface area is 114 Å². The molecule has 0 aromatic rings. The standard InChI is InChI=1S/C15H33N3/c1-13(2)16-9-6-14(3)18(5)12-15-7-10-17(4)11-8-15/h13-16H,6-12H2,1-5H3. The maximum absolute atomic E-state index is 3.51. The monoisotopic (exact) mass is 255 g/mol. The van der Waals surface area contributed by atoms with Crippen LogP contribution >= 0.6 is 0 Å². The smallest absolute Gasteiger partial charge is 0.00760 e. The number of nitrogens with zero attached hydrogens (tertiary/aromatic N) is 2. The first kappa shape index (κ1) is 15.9. The number of nitrogens with one attached hydrogen (secondary N) is 1. The molecule has 1 fully saturated rings. The van der Waals surface area contributed by atoms with Gasteiger partial charge >= 0.3 is 0 Å². The zero-order chi connectivity index (χ0) is 13.5. The van der Waals surface area contributed by atoms with Crippen LogP contribution in [0, 0.1) is 5.92 Å². The number of hydrogen-bond acceptors (Lipinski definition) is 3. The fourth-order valence-electron chi connectivity index (χ4n) is 2.63. The fourth-order valence-corrected chi connectivity index (χ4v) is 2.63. The van der Waals surface area contributed by atoms with E-state index in [0.29, 0.717) is 12.1 Å². The SMILES string of the molecule is CC(C)NCCC(C)N(C)CC1CCN(C)CC1. The first-order valence-electron chi connectivity index (χ1n) is 7.61. The van der Waals surface area contributed by atoms with Crippen molar-refractivity contribution in [1.29, 1.82) is 0 Å². The summed E-state index contributed by atoms with van der Waals surface area (Å²) in [7, 11) is 4.53. The molecule has 1 rings (SSSR count). The van der Waals surface area contributed by atoms with Crippen molar-refractivity contribution in [3.63, 3.8) is 0 Å². The minimum Gasteiger partial charge on any atom is -0.314 e. The quantitative estimate of drug-likeness (QED) is 0.751. The molecule has 0 saturated carbocycles. The highest BCUT2D eigenvalue weighted by Gasteiger charge is 2.19. The van der Waals surface area contributed by atoms with E-state index in [2.05, 4.69) is 50.0 Å². The summed E-state index contributed by atoms with van der Waals surface area (Å²) in [5, 5.41) is 3.51. The molecule has 1 N–H and O–H groups in total. The Morgan fingerprint density at radius 1 is 1.22 bits per heavy atom. The Balaban J connectivity index is 2.16. The minimum absolute atomic E-state index is 0.608. The van der Waals surface area contributed by atoms with Crippen molar-refractivity contribution in [2.75, 3.05) is 40.3 Å². The second-order valence-corrected chi connectivity index (χ2v) is 6.43. The molecule has 3 nitrogen and oxygen atoms in total. The third-order valence-electron chi connectivity index (χ3n) is 4.25. The minimum atomic E-state index is 0.608. The zero-order valence-corrected chi connectivity index (χ0v) is 13.1. The lowest BCUT2D eigenvalue weighted by Gasteiger charge is -2.34.